The van der Waals surface area contributed by atoms with Crippen molar-refractivity contribution in [3.8, 4) is 39.1 Å². The van der Waals surface area contributed by atoms with Crippen molar-refractivity contribution < 1.29 is 0 Å². The fourth-order valence-electron chi connectivity index (χ4n) is 9.04. The Morgan fingerprint density at radius 2 is 0.889 bits per heavy atom. The fourth-order valence-corrected chi connectivity index (χ4v) is 9.04. The van der Waals surface area contributed by atoms with Gasteiger partial charge in [0.2, 0.25) is 5.96 Å². The molecule has 11 aromatic rings. The largest absolute Gasteiger partial charge is 0.369 e. The number of hydrogen-bond donors (Lipinski definition) is 2. The smallest absolute Gasteiger partial charge is 0.203 e. The molecule has 0 fully saturated rings. The molecule has 2 heterocycles. The number of nitrogens with two attached hydrogens (primary N) is 1. The summed E-state index contributed by atoms with van der Waals surface area (Å²) in [5.74, 6) is 0.380. The first-order chi connectivity index (χ1) is 31.1. The highest BCUT2D eigenvalue weighted by Gasteiger charge is 2.19. The van der Waals surface area contributed by atoms with Crippen LogP contribution in [-0.4, -0.2) is 15.1 Å². The van der Waals surface area contributed by atoms with Crippen LogP contribution in [0.15, 0.2) is 236 Å². The number of benzene rings is 9. The van der Waals surface area contributed by atoms with Crippen LogP contribution in [0.2, 0.25) is 0 Å². The molecule has 0 spiro atoms. The van der Waals surface area contributed by atoms with Gasteiger partial charge in [0, 0.05) is 32.9 Å². The highest BCUT2D eigenvalue weighted by atomic mass is 15.2. The Morgan fingerprint density at radius 1 is 0.429 bits per heavy atom. The molecule has 9 aromatic carbocycles. The van der Waals surface area contributed by atoms with E-state index in [0.717, 1.165) is 66.6 Å². The highest BCUT2D eigenvalue weighted by molar-refractivity contribution is 6.15. The molecule has 0 saturated carbocycles. The van der Waals surface area contributed by atoms with Gasteiger partial charge in [0.1, 0.15) is 6.17 Å². The molecule has 0 aliphatic heterocycles. The molecule has 11 rings (SSSR count). The average Bonchev–Trinajstić information content (AvgIpc) is 3.87. The molecule has 5 nitrogen and oxygen atoms in total. The van der Waals surface area contributed by atoms with Crippen molar-refractivity contribution in [1.82, 2.24) is 14.5 Å². The van der Waals surface area contributed by atoms with E-state index in [2.05, 4.69) is 221 Å². The number of rotatable bonds is 9. The third kappa shape index (κ3) is 6.92. The Hall–Kier alpha value is -8.41. The van der Waals surface area contributed by atoms with Gasteiger partial charge in [0.15, 0.2) is 0 Å². The van der Waals surface area contributed by atoms with Crippen LogP contribution in [0.5, 0.6) is 0 Å². The molecule has 0 radical (unpaired) electrons. The van der Waals surface area contributed by atoms with E-state index in [-0.39, 0.29) is 0 Å². The molecule has 300 valence electrons. The third-order valence-electron chi connectivity index (χ3n) is 12.1. The molecule has 0 saturated heterocycles. The van der Waals surface area contributed by atoms with E-state index in [1.54, 1.807) is 0 Å². The Labute approximate surface area is 366 Å². The number of aliphatic imine (C=N–C) groups is 1. The Balaban J connectivity index is 0.941. The van der Waals surface area contributed by atoms with Crippen molar-refractivity contribution in [2.45, 2.75) is 6.17 Å². The first-order valence-electron chi connectivity index (χ1n) is 21.3. The summed E-state index contributed by atoms with van der Waals surface area (Å²) in [6, 6.07) is 78.9. The topological polar surface area (TPSA) is 60.3 Å². The predicted octanol–water partition coefficient (Wildman–Crippen LogP) is 14.0. The van der Waals surface area contributed by atoms with Crippen molar-refractivity contribution in [3.63, 3.8) is 0 Å². The number of hydrogen-bond acceptors (Lipinski definition) is 2. The van der Waals surface area contributed by atoms with E-state index in [1.807, 2.05) is 24.3 Å². The van der Waals surface area contributed by atoms with E-state index < -0.39 is 6.17 Å². The molecule has 0 bridgehead atoms. The Morgan fingerprint density at radius 3 is 1.59 bits per heavy atom. The van der Waals surface area contributed by atoms with Crippen molar-refractivity contribution >= 4 is 55.3 Å². The molecular formula is C58H43N5. The Kier molecular flexibility index (Phi) is 9.48. The summed E-state index contributed by atoms with van der Waals surface area (Å²) in [7, 11) is 0. The van der Waals surface area contributed by atoms with Gasteiger partial charge in [0.05, 0.1) is 22.1 Å². The number of fused-ring (bicyclic) bond motifs is 6. The van der Waals surface area contributed by atoms with Crippen molar-refractivity contribution in [1.29, 1.82) is 0 Å². The predicted molar refractivity (Wildman–Crippen MR) is 265 cm³/mol. The Bertz CT molecular complexity index is 3490. The minimum atomic E-state index is -0.507. The molecule has 0 aliphatic rings. The highest BCUT2D eigenvalue weighted by Crippen LogP contribution is 2.38. The fraction of sp³-hybridized carbons (Fsp3) is 0.0172. The maximum absolute atomic E-state index is 7.13. The van der Waals surface area contributed by atoms with Crippen LogP contribution in [0, 0.1) is 0 Å². The molecule has 63 heavy (non-hydrogen) atoms. The third-order valence-corrected chi connectivity index (χ3v) is 12.1. The molecular weight excluding hydrogens is 767 g/mol. The average molecular weight is 810 g/mol. The molecule has 1 unspecified atom stereocenters. The summed E-state index contributed by atoms with van der Waals surface area (Å²) in [5.41, 5.74) is 22.2. The van der Waals surface area contributed by atoms with Crippen molar-refractivity contribution in [2.75, 3.05) is 0 Å². The van der Waals surface area contributed by atoms with Crippen LogP contribution in [0.25, 0.3) is 88.4 Å². The standard InChI is InChI=1S/C58H43N5/c1-39(44-20-15-21-45(36-44)42-30-28-41(29-31-42)40-16-5-2-6-17-40)60-57(43-18-7-3-8-19-43)61-58(59)63-54-27-14-12-25-50(54)52-38-47(33-35-56(52)63)46-32-34-55-51(37-46)49-24-11-13-26-53(49)62(55)48-22-9-4-10-23-48/h2-38,57,60H,1H2,(H2,59,61). The van der Waals surface area contributed by atoms with Crippen LogP contribution < -0.4 is 11.1 Å². The van der Waals surface area contributed by atoms with E-state index in [0.29, 0.717) is 5.96 Å². The summed E-state index contributed by atoms with van der Waals surface area (Å²) in [6.45, 7) is 4.51. The molecule has 3 N–H and O–H groups in total. The maximum atomic E-state index is 7.13. The number of nitrogens with one attached hydrogen (secondary N) is 1. The summed E-state index contributed by atoms with van der Waals surface area (Å²) < 4.78 is 4.43. The van der Waals surface area contributed by atoms with Crippen LogP contribution in [0.3, 0.4) is 0 Å². The number of aromatic nitrogens is 2. The lowest BCUT2D eigenvalue weighted by atomic mass is 9.98. The minimum Gasteiger partial charge on any atom is -0.369 e. The van der Waals surface area contributed by atoms with Gasteiger partial charge in [-0.1, -0.05) is 176 Å². The molecule has 2 aromatic heterocycles. The second-order valence-corrected chi connectivity index (χ2v) is 16.0. The second kappa shape index (κ2) is 15.9. The lowest BCUT2D eigenvalue weighted by Crippen LogP contribution is -2.27. The minimum absolute atomic E-state index is 0.380. The van der Waals surface area contributed by atoms with Gasteiger partial charge >= 0.3 is 0 Å². The lowest BCUT2D eigenvalue weighted by molar-refractivity contribution is 0.666. The quantitative estimate of drug-likeness (QED) is 0.113. The molecule has 0 amide bonds. The second-order valence-electron chi connectivity index (χ2n) is 16.0. The summed E-state index contributed by atoms with van der Waals surface area (Å²) >= 11 is 0. The van der Waals surface area contributed by atoms with E-state index in [4.69, 9.17) is 10.7 Å². The zero-order valence-electron chi connectivity index (χ0n) is 34.6. The normalized spacial score (nSPS) is 12.3. The van der Waals surface area contributed by atoms with Crippen molar-refractivity contribution in [3.05, 3.63) is 242 Å². The maximum Gasteiger partial charge on any atom is 0.203 e. The zero-order chi connectivity index (χ0) is 42.3. The summed E-state index contributed by atoms with van der Waals surface area (Å²) in [6.07, 6.45) is -0.507. The van der Waals surface area contributed by atoms with Crippen LogP contribution in [-0.2, 0) is 0 Å². The van der Waals surface area contributed by atoms with Gasteiger partial charge in [-0.15, -0.1) is 0 Å². The van der Waals surface area contributed by atoms with E-state index in [9.17, 15) is 0 Å². The van der Waals surface area contributed by atoms with Gasteiger partial charge < -0.3 is 15.6 Å². The van der Waals surface area contributed by atoms with Gasteiger partial charge in [-0.25, -0.2) is 4.99 Å². The molecule has 1 atom stereocenters. The summed E-state index contributed by atoms with van der Waals surface area (Å²) in [4.78, 5) is 5.23. The molecule has 5 heteroatoms. The van der Waals surface area contributed by atoms with Crippen LogP contribution >= 0.6 is 0 Å². The first kappa shape index (κ1) is 37.6. The van der Waals surface area contributed by atoms with Crippen LogP contribution in [0.4, 0.5) is 0 Å². The van der Waals surface area contributed by atoms with Gasteiger partial charge in [0.25, 0.3) is 0 Å². The SMILES string of the molecule is C=C(NC(N=C(N)n1c2ccccc2c2cc(-c3ccc4c(c3)c3ccccc3n4-c3ccccc3)ccc21)c1ccccc1)c1cccc(-c2ccc(-c3ccccc3)cc2)c1. The monoisotopic (exact) mass is 809 g/mol. The number of para-hydroxylation sites is 3. The van der Waals surface area contributed by atoms with Gasteiger partial charge in [-0.2, -0.15) is 0 Å². The van der Waals surface area contributed by atoms with E-state index in [1.165, 1.54) is 32.9 Å². The van der Waals surface area contributed by atoms with Gasteiger partial charge in [-0.3, -0.25) is 4.57 Å². The molecule has 0 aliphatic carbocycles. The van der Waals surface area contributed by atoms with Crippen LogP contribution in [0.1, 0.15) is 17.3 Å². The van der Waals surface area contributed by atoms with E-state index >= 15 is 0 Å². The zero-order valence-corrected chi connectivity index (χ0v) is 34.6. The van der Waals surface area contributed by atoms with Gasteiger partial charge in [-0.05, 0) is 99.1 Å². The summed E-state index contributed by atoms with van der Waals surface area (Å²) in [5, 5.41) is 8.30. The lowest BCUT2D eigenvalue weighted by Gasteiger charge is -2.20. The van der Waals surface area contributed by atoms with Crippen molar-refractivity contribution in [2.24, 2.45) is 10.7 Å². The number of nitrogens with zero attached hydrogens (tertiary/aromatic N) is 3. The first-order valence-corrected chi connectivity index (χ1v) is 21.3.